The monoisotopic (exact) mass is 344 g/mol. The number of methoxy groups -OCH3 is 2. The molecule has 1 aromatic heterocycles. The summed E-state index contributed by atoms with van der Waals surface area (Å²) in [6, 6.07) is 3.66. The highest BCUT2D eigenvalue weighted by molar-refractivity contribution is 7.10. The Kier molecular flexibility index (Phi) is 7.59. The Morgan fingerprint density at radius 2 is 1.92 bits per heavy atom. The molecule has 0 amide bonds. The Bertz CT molecular complexity index is 718. The lowest BCUT2D eigenvalue weighted by atomic mass is 9.81. The molecular formula is C18H16O5S. The molecule has 0 saturated heterocycles. The van der Waals surface area contributed by atoms with Gasteiger partial charge >= 0.3 is 11.9 Å². The number of thiophene rings is 1. The van der Waals surface area contributed by atoms with Crippen molar-refractivity contribution < 1.29 is 24.2 Å². The van der Waals surface area contributed by atoms with Crippen LogP contribution in [-0.4, -0.2) is 37.4 Å². The van der Waals surface area contributed by atoms with Crippen molar-refractivity contribution >= 4 is 23.3 Å². The maximum absolute atomic E-state index is 12.2. The van der Waals surface area contributed by atoms with E-state index in [2.05, 4.69) is 23.7 Å². The molecule has 0 aromatic carbocycles. The van der Waals surface area contributed by atoms with Crippen LogP contribution in [0.3, 0.4) is 0 Å². The number of terminal acetylenes is 1. The molecule has 24 heavy (non-hydrogen) atoms. The van der Waals surface area contributed by atoms with Crippen LogP contribution in [0.4, 0.5) is 0 Å². The molecule has 0 bridgehead atoms. The van der Waals surface area contributed by atoms with Crippen LogP contribution in [0.5, 0.6) is 0 Å². The topological polar surface area (TPSA) is 72.8 Å². The molecule has 0 aliphatic rings. The molecule has 1 atom stereocenters. The summed E-state index contributed by atoms with van der Waals surface area (Å²) >= 11 is 1.44. The summed E-state index contributed by atoms with van der Waals surface area (Å²) in [7, 11) is 2.33. The van der Waals surface area contributed by atoms with E-state index in [0.717, 1.165) is 19.1 Å². The van der Waals surface area contributed by atoms with Crippen LogP contribution in [0, 0.1) is 41.4 Å². The molecule has 1 heterocycles. The molecule has 0 aliphatic carbocycles. The highest BCUT2D eigenvalue weighted by Crippen LogP contribution is 2.30. The Balaban J connectivity index is 3.15. The third kappa shape index (κ3) is 4.89. The minimum Gasteiger partial charge on any atom is -0.468 e. The normalized spacial score (nSPS) is 10.9. The van der Waals surface area contributed by atoms with E-state index in [4.69, 9.17) is 15.9 Å². The highest BCUT2D eigenvalue weighted by atomic mass is 32.1. The van der Waals surface area contributed by atoms with Crippen molar-refractivity contribution in [1.82, 2.24) is 0 Å². The van der Waals surface area contributed by atoms with Crippen molar-refractivity contribution in [3.63, 3.8) is 0 Å². The van der Waals surface area contributed by atoms with Crippen molar-refractivity contribution in [3.05, 3.63) is 22.4 Å². The number of carbonyl (C=O) groups excluding carboxylic acids is 2. The van der Waals surface area contributed by atoms with Crippen LogP contribution in [-0.2, 0) is 19.1 Å². The Morgan fingerprint density at radius 1 is 1.29 bits per heavy atom. The summed E-state index contributed by atoms with van der Waals surface area (Å²) in [5, 5.41) is 11.1. The fourth-order valence-corrected chi connectivity index (χ4v) is 2.39. The maximum atomic E-state index is 12.2. The van der Waals surface area contributed by atoms with E-state index in [-0.39, 0.29) is 12.8 Å². The summed E-state index contributed by atoms with van der Waals surface area (Å²) in [5.74, 6) is 11.0. The van der Waals surface area contributed by atoms with Gasteiger partial charge in [-0.3, -0.25) is 9.59 Å². The van der Waals surface area contributed by atoms with Gasteiger partial charge in [-0.2, -0.15) is 0 Å². The minimum absolute atomic E-state index is 0.134. The zero-order valence-electron chi connectivity index (χ0n) is 13.3. The first-order valence-electron chi connectivity index (χ1n) is 6.82. The van der Waals surface area contributed by atoms with Crippen molar-refractivity contribution in [2.45, 2.75) is 18.9 Å². The Hall–Kier alpha value is -2.72. The molecule has 1 rings (SSSR count). The van der Waals surface area contributed by atoms with Crippen LogP contribution in [0.15, 0.2) is 17.5 Å². The van der Waals surface area contributed by atoms with E-state index in [0.29, 0.717) is 0 Å². The lowest BCUT2D eigenvalue weighted by Gasteiger charge is -2.23. The van der Waals surface area contributed by atoms with E-state index in [9.17, 15) is 14.7 Å². The van der Waals surface area contributed by atoms with Crippen LogP contribution in [0.1, 0.15) is 17.7 Å². The second-order valence-corrected chi connectivity index (χ2v) is 5.54. The molecule has 5 nitrogen and oxygen atoms in total. The van der Waals surface area contributed by atoms with E-state index < -0.39 is 23.5 Å². The van der Waals surface area contributed by atoms with Gasteiger partial charge in [0.2, 0.25) is 0 Å². The van der Waals surface area contributed by atoms with Gasteiger partial charge < -0.3 is 14.6 Å². The van der Waals surface area contributed by atoms with E-state index in [1.54, 1.807) is 0 Å². The predicted molar refractivity (Wildman–Crippen MR) is 89.5 cm³/mol. The lowest BCUT2D eigenvalue weighted by molar-refractivity contribution is -0.168. The van der Waals surface area contributed by atoms with Crippen LogP contribution in [0.2, 0.25) is 0 Å². The van der Waals surface area contributed by atoms with Gasteiger partial charge in [0.05, 0.1) is 19.1 Å². The minimum atomic E-state index is -1.70. The molecule has 124 valence electrons. The second-order valence-electron chi connectivity index (χ2n) is 4.59. The number of esters is 2. The first-order valence-corrected chi connectivity index (χ1v) is 7.70. The van der Waals surface area contributed by atoms with Crippen molar-refractivity contribution in [3.8, 4) is 36.0 Å². The fraction of sp³-hybridized carbons (Fsp3) is 0.333. The SMILES string of the molecule is C#CC(O)C#CCC(CC#Cc1cccs1)(C(=O)OC)C(=O)OC. The number of hydrogen-bond donors (Lipinski definition) is 1. The first-order chi connectivity index (χ1) is 11.5. The van der Waals surface area contributed by atoms with Gasteiger partial charge in [-0.1, -0.05) is 35.7 Å². The van der Waals surface area contributed by atoms with Gasteiger partial charge in [-0.25, -0.2) is 0 Å². The fourth-order valence-electron chi connectivity index (χ4n) is 1.80. The summed E-state index contributed by atoms with van der Waals surface area (Å²) in [4.78, 5) is 25.2. The average Bonchev–Trinajstić information content (AvgIpc) is 3.12. The summed E-state index contributed by atoms with van der Waals surface area (Å²) in [6.07, 6.45) is 3.37. The standard InChI is InChI=1S/C18H16O5S/c1-4-14(19)8-5-11-18(16(20)22-2,17(21)23-3)12-6-9-15-10-7-13-24-15/h1,7,10,13-14,19H,11-12H2,2-3H3. The molecule has 1 unspecified atom stereocenters. The number of aliphatic hydroxyl groups is 1. The van der Waals surface area contributed by atoms with Gasteiger partial charge in [-0.05, 0) is 11.4 Å². The zero-order chi connectivity index (χ0) is 18.0. The van der Waals surface area contributed by atoms with Crippen molar-refractivity contribution in [1.29, 1.82) is 0 Å². The van der Waals surface area contributed by atoms with Crippen molar-refractivity contribution in [2.24, 2.45) is 5.41 Å². The smallest absolute Gasteiger partial charge is 0.325 e. The quantitative estimate of drug-likeness (QED) is 0.505. The Labute approximate surface area is 145 Å². The Morgan fingerprint density at radius 3 is 2.42 bits per heavy atom. The number of carbonyl (C=O) groups is 2. The molecule has 1 N–H and O–H groups in total. The van der Waals surface area contributed by atoms with Crippen LogP contribution < -0.4 is 0 Å². The zero-order valence-corrected chi connectivity index (χ0v) is 14.1. The predicted octanol–water partition coefficient (Wildman–Crippen LogP) is 1.21. The third-order valence-electron chi connectivity index (χ3n) is 3.06. The molecule has 0 radical (unpaired) electrons. The van der Waals surface area contributed by atoms with E-state index >= 15 is 0 Å². The second kappa shape index (κ2) is 9.43. The van der Waals surface area contributed by atoms with Crippen molar-refractivity contribution in [2.75, 3.05) is 14.2 Å². The van der Waals surface area contributed by atoms with Gasteiger partial charge in [-0.15, -0.1) is 17.8 Å². The number of rotatable bonds is 4. The number of ether oxygens (including phenoxy) is 2. The molecule has 0 aliphatic heterocycles. The maximum Gasteiger partial charge on any atom is 0.325 e. The van der Waals surface area contributed by atoms with Crippen LogP contribution in [0.25, 0.3) is 0 Å². The largest absolute Gasteiger partial charge is 0.468 e. The number of aliphatic hydroxyl groups excluding tert-OH is 1. The van der Waals surface area contributed by atoms with E-state index in [1.165, 1.54) is 11.3 Å². The third-order valence-corrected chi connectivity index (χ3v) is 3.85. The van der Waals surface area contributed by atoms with Gasteiger partial charge in [0.25, 0.3) is 0 Å². The molecule has 0 saturated carbocycles. The molecule has 1 aromatic rings. The first kappa shape index (κ1) is 19.3. The van der Waals surface area contributed by atoms with Crippen LogP contribution >= 0.6 is 11.3 Å². The van der Waals surface area contributed by atoms with Gasteiger partial charge in [0.15, 0.2) is 11.5 Å². The summed E-state index contributed by atoms with van der Waals surface area (Å²) in [5.41, 5.74) is -1.70. The van der Waals surface area contributed by atoms with Gasteiger partial charge in [0, 0.05) is 12.8 Å². The summed E-state index contributed by atoms with van der Waals surface area (Å²) in [6.45, 7) is 0. The highest BCUT2D eigenvalue weighted by Gasteiger charge is 2.47. The number of hydrogen-bond acceptors (Lipinski definition) is 6. The molecule has 0 spiro atoms. The molecule has 6 heteroatoms. The molecular weight excluding hydrogens is 328 g/mol. The molecule has 0 fully saturated rings. The average molecular weight is 344 g/mol. The van der Waals surface area contributed by atoms with E-state index in [1.807, 2.05) is 23.4 Å². The van der Waals surface area contributed by atoms with Gasteiger partial charge in [0.1, 0.15) is 0 Å². The lowest BCUT2D eigenvalue weighted by Crippen LogP contribution is -2.41. The summed E-state index contributed by atoms with van der Waals surface area (Å²) < 4.78 is 9.47.